The highest BCUT2D eigenvalue weighted by molar-refractivity contribution is 14.1. The van der Waals surface area contributed by atoms with Crippen molar-refractivity contribution >= 4 is 36.3 Å². The Morgan fingerprint density at radius 2 is 1.70 bits per heavy atom. The van der Waals surface area contributed by atoms with Gasteiger partial charge in [-0.3, -0.25) is 0 Å². The topological polar surface area (TPSA) is 53.7 Å². The molecule has 2 rings (SSSR count). The van der Waals surface area contributed by atoms with Gasteiger partial charge in [-0.15, -0.1) is 0 Å². The van der Waals surface area contributed by atoms with Crippen LogP contribution in [0.1, 0.15) is 39.4 Å². The van der Waals surface area contributed by atoms with E-state index in [0.717, 1.165) is 10.9 Å². The van der Waals surface area contributed by atoms with Crippen molar-refractivity contribution in [1.29, 1.82) is 0 Å². The lowest BCUT2D eigenvalue weighted by Gasteiger charge is -2.29. The molecule has 0 spiro atoms. The number of alkyl halides is 2. The molecule has 0 saturated carbocycles. The number of halogens is 2. The second-order valence-electron chi connectivity index (χ2n) is 6.57. The zero-order valence-corrected chi connectivity index (χ0v) is 16.9. The van der Waals surface area contributed by atoms with Gasteiger partial charge in [0, 0.05) is 5.30 Å². The Kier molecular flexibility index (Phi) is 6.42. The van der Waals surface area contributed by atoms with Crippen LogP contribution >= 0.6 is 31.0 Å². The van der Waals surface area contributed by atoms with E-state index in [0.29, 0.717) is 4.61 Å². The summed E-state index contributed by atoms with van der Waals surface area (Å²) in [6.45, 7) is 7.52. The van der Waals surface area contributed by atoms with Gasteiger partial charge in [-0.25, -0.2) is 4.39 Å². The Balaban J connectivity index is 2.17. The molecule has 0 bridgehead atoms. The van der Waals surface area contributed by atoms with Crippen molar-refractivity contribution in [3.8, 4) is 0 Å². The molecule has 2 N–H and O–H groups in total. The largest absolute Gasteiger partial charge is 0.361 e. The zero-order chi connectivity index (χ0) is 17.3. The average molecular weight is 455 g/mol. The van der Waals surface area contributed by atoms with Gasteiger partial charge in [-0.2, -0.15) is 0 Å². The number of ether oxygens (including phenoxy) is 1. The molecule has 1 heterocycles. The average Bonchev–Trinajstić information content (AvgIpc) is 2.72. The molecule has 1 fully saturated rings. The van der Waals surface area contributed by atoms with Crippen molar-refractivity contribution in [2.45, 2.75) is 51.0 Å². The number of rotatable bonds is 6. The van der Waals surface area contributed by atoms with E-state index in [2.05, 4.69) is 22.6 Å². The van der Waals surface area contributed by atoms with Crippen LogP contribution in [0.3, 0.4) is 0 Å². The van der Waals surface area contributed by atoms with Gasteiger partial charge in [0.25, 0.3) is 0 Å². The number of nitrogens with two attached hydrogens (primary N) is 1. The lowest BCUT2D eigenvalue weighted by Crippen LogP contribution is -2.41. The van der Waals surface area contributed by atoms with Gasteiger partial charge in [-0.1, -0.05) is 34.7 Å². The molecule has 1 aliphatic rings. The maximum atomic E-state index is 12.9. The lowest BCUT2D eigenvalue weighted by molar-refractivity contribution is 0.00578. The molecule has 1 saturated heterocycles. The molecular formula is C16H24FINO3P. The number of hydrogen-bond acceptors (Lipinski definition) is 4. The first-order valence-corrected chi connectivity index (χ1v) is 10.2. The summed E-state index contributed by atoms with van der Waals surface area (Å²) in [4.78, 5) is 0. The molecule has 4 nitrogen and oxygen atoms in total. The fourth-order valence-electron chi connectivity index (χ4n) is 2.16. The first kappa shape index (κ1) is 19.5. The summed E-state index contributed by atoms with van der Waals surface area (Å²) in [6.07, 6.45) is -0.447. The molecule has 0 aromatic heterocycles. The predicted octanol–water partition coefficient (Wildman–Crippen LogP) is 3.97. The van der Waals surface area contributed by atoms with Crippen molar-refractivity contribution in [3.05, 3.63) is 29.8 Å². The molecule has 23 heavy (non-hydrogen) atoms. The Labute approximate surface area is 152 Å². The van der Waals surface area contributed by atoms with Crippen molar-refractivity contribution < 1.29 is 18.2 Å². The minimum atomic E-state index is -1.12. The predicted molar refractivity (Wildman–Crippen MR) is 100.0 cm³/mol. The first-order chi connectivity index (χ1) is 10.7. The van der Waals surface area contributed by atoms with E-state index >= 15 is 0 Å². The van der Waals surface area contributed by atoms with Crippen molar-refractivity contribution in [2.75, 3.05) is 11.3 Å². The van der Waals surface area contributed by atoms with Crippen LogP contribution in [-0.2, 0) is 13.8 Å². The van der Waals surface area contributed by atoms with Gasteiger partial charge in [0.05, 0.1) is 21.9 Å². The summed E-state index contributed by atoms with van der Waals surface area (Å²) in [5.41, 5.74) is 5.99. The molecule has 130 valence electrons. The van der Waals surface area contributed by atoms with Crippen molar-refractivity contribution in [3.63, 3.8) is 0 Å². The molecular weight excluding hydrogens is 431 g/mol. The third-order valence-corrected chi connectivity index (χ3v) is 6.64. The maximum absolute atomic E-state index is 12.9. The first-order valence-electron chi connectivity index (χ1n) is 7.49. The second-order valence-corrected chi connectivity index (χ2v) is 8.58. The van der Waals surface area contributed by atoms with E-state index in [4.69, 9.17) is 19.5 Å². The molecule has 0 radical (unpaired) electrons. The quantitative estimate of drug-likeness (QED) is 0.401. The summed E-state index contributed by atoms with van der Waals surface area (Å²) in [5, 5.41) is 0.990. The van der Waals surface area contributed by atoms with E-state index < -0.39 is 27.2 Å². The van der Waals surface area contributed by atoms with Crippen LogP contribution in [0.5, 0.6) is 0 Å². The molecule has 1 aromatic carbocycles. The highest BCUT2D eigenvalue weighted by atomic mass is 127. The van der Waals surface area contributed by atoms with E-state index in [1.807, 2.05) is 52.0 Å². The third-order valence-electron chi connectivity index (χ3n) is 4.31. The van der Waals surface area contributed by atoms with Gasteiger partial charge in [0.1, 0.15) is 12.8 Å². The summed E-state index contributed by atoms with van der Waals surface area (Å²) >= 11 is 2.09. The minimum absolute atomic E-state index is 0.346. The maximum Gasteiger partial charge on any atom is 0.206 e. The molecule has 2 atom stereocenters. The van der Waals surface area contributed by atoms with Gasteiger partial charge in [0.2, 0.25) is 8.38 Å². The number of hydrogen-bond donors (Lipinski definition) is 1. The van der Waals surface area contributed by atoms with Crippen LogP contribution in [-0.4, -0.2) is 28.5 Å². The fraction of sp³-hybridized carbons (Fsp3) is 0.625. The van der Waals surface area contributed by atoms with E-state index in [1.54, 1.807) is 0 Å². The molecule has 0 amide bonds. The third kappa shape index (κ3) is 4.22. The highest BCUT2D eigenvalue weighted by Gasteiger charge is 2.50. The smallest absolute Gasteiger partial charge is 0.206 e. The summed E-state index contributed by atoms with van der Waals surface area (Å²) in [5.74, 6) is 0. The summed E-state index contributed by atoms with van der Waals surface area (Å²) < 4.78 is 31.1. The molecule has 0 unspecified atom stereocenters. The normalized spacial score (nSPS) is 22.9. The second kappa shape index (κ2) is 7.58. The Bertz CT molecular complexity index is 511. The zero-order valence-electron chi connectivity index (χ0n) is 13.9. The van der Waals surface area contributed by atoms with Crippen LogP contribution in [0, 0.1) is 0 Å². The molecule has 1 aromatic rings. The van der Waals surface area contributed by atoms with Crippen LogP contribution < -0.4 is 11.0 Å². The fourth-order valence-corrected chi connectivity index (χ4v) is 4.46. The molecule has 0 aliphatic carbocycles. The Morgan fingerprint density at radius 1 is 1.17 bits per heavy atom. The van der Waals surface area contributed by atoms with Gasteiger partial charge >= 0.3 is 0 Å². The molecule has 1 aliphatic heterocycles. The van der Waals surface area contributed by atoms with Crippen LogP contribution in [0.25, 0.3) is 0 Å². The lowest BCUT2D eigenvalue weighted by atomic mass is 9.90. The van der Waals surface area contributed by atoms with Gasteiger partial charge < -0.3 is 19.5 Å². The van der Waals surface area contributed by atoms with Crippen LogP contribution in [0.4, 0.5) is 4.39 Å². The standard InChI is InChI=1S/C16H24FINO3P/c1-15(2)16(3,4)22-23(21-15)12-7-5-11(6-8-12)14(20-10-18)13(19)9-17/h5-8,13-14H,9-10,19H2,1-4H3/t13-,14-/m1/s1. The summed E-state index contributed by atoms with van der Waals surface area (Å²) in [6, 6.07) is 7.06. The Morgan fingerprint density at radius 3 is 2.13 bits per heavy atom. The van der Waals surface area contributed by atoms with Gasteiger partial charge in [-0.05, 0) is 45.4 Å². The van der Waals surface area contributed by atoms with Gasteiger partial charge in [0.15, 0.2) is 0 Å². The SMILES string of the molecule is CC1(C)OP(c2ccc([C@@H](OCI)[C@H](N)CF)cc2)OC1(C)C. The minimum Gasteiger partial charge on any atom is -0.361 e. The van der Waals surface area contributed by atoms with Crippen molar-refractivity contribution in [2.24, 2.45) is 5.73 Å². The molecule has 7 heteroatoms. The summed E-state index contributed by atoms with van der Waals surface area (Å²) in [7, 11) is -1.12. The van der Waals surface area contributed by atoms with Crippen molar-refractivity contribution in [1.82, 2.24) is 0 Å². The van der Waals surface area contributed by atoms with E-state index in [-0.39, 0.29) is 11.2 Å². The number of benzene rings is 1. The van der Waals surface area contributed by atoms with E-state index in [9.17, 15) is 4.39 Å². The van der Waals surface area contributed by atoms with Crippen LogP contribution in [0.2, 0.25) is 0 Å². The Hall–Kier alpha value is 0.150. The van der Waals surface area contributed by atoms with E-state index in [1.165, 1.54) is 0 Å². The highest BCUT2D eigenvalue weighted by Crippen LogP contribution is 2.57. The van der Waals surface area contributed by atoms with Crippen LogP contribution in [0.15, 0.2) is 24.3 Å². The monoisotopic (exact) mass is 455 g/mol.